The van der Waals surface area contributed by atoms with E-state index in [0.717, 1.165) is 49.4 Å². The number of hydrogen-bond donors (Lipinski definition) is 0. The summed E-state index contributed by atoms with van der Waals surface area (Å²) in [7, 11) is 4.21. The van der Waals surface area contributed by atoms with Gasteiger partial charge in [-0.05, 0) is 63.4 Å². The molecule has 3 aliphatic rings. The van der Waals surface area contributed by atoms with E-state index in [0.29, 0.717) is 38.8 Å². The van der Waals surface area contributed by atoms with Gasteiger partial charge < -0.3 is 24.3 Å². The Kier molecular flexibility index (Phi) is 7.97. The lowest BCUT2D eigenvalue weighted by Crippen LogP contribution is -2.55. The van der Waals surface area contributed by atoms with Gasteiger partial charge in [0, 0.05) is 54.8 Å². The summed E-state index contributed by atoms with van der Waals surface area (Å²) in [5, 5.41) is 12.1. The average molecular weight is 580 g/mol. The van der Waals surface area contributed by atoms with E-state index in [4.69, 9.17) is 14.7 Å². The number of piperazine rings is 1. The summed E-state index contributed by atoms with van der Waals surface area (Å²) in [5.41, 5.74) is 4.75. The zero-order valence-corrected chi connectivity index (χ0v) is 25.6. The Labute approximate surface area is 254 Å². The van der Waals surface area contributed by atoms with Gasteiger partial charge in [0.2, 0.25) is 5.91 Å². The predicted molar refractivity (Wildman–Crippen MR) is 169 cm³/mol. The minimum absolute atomic E-state index is 0.134. The zero-order chi connectivity index (χ0) is 30.1. The lowest BCUT2D eigenvalue weighted by atomic mass is 9.99. The Hall–Kier alpha value is -4.16. The third-order valence-electron chi connectivity index (χ3n) is 9.14. The highest BCUT2D eigenvalue weighted by atomic mass is 16.5. The number of carbonyl (C=O) groups is 1. The van der Waals surface area contributed by atoms with Crippen molar-refractivity contribution in [1.29, 1.82) is 5.26 Å². The first-order valence-electron chi connectivity index (χ1n) is 15.3. The molecule has 1 saturated heterocycles. The largest absolute Gasteiger partial charge is 0.463 e. The molecular formula is C34H41N7O2. The van der Waals surface area contributed by atoms with E-state index < -0.39 is 0 Å². The minimum atomic E-state index is -0.229. The van der Waals surface area contributed by atoms with E-state index in [1.165, 1.54) is 28.1 Å². The van der Waals surface area contributed by atoms with Crippen LogP contribution in [0.25, 0.3) is 10.8 Å². The molecule has 0 unspecified atom stereocenters. The predicted octanol–water partition coefficient (Wildman–Crippen LogP) is 4.34. The molecule has 3 heterocycles. The first kappa shape index (κ1) is 28.9. The normalized spacial score (nSPS) is 19.2. The van der Waals surface area contributed by atoms with Gasteiger partial charge in [0.1, 0.15) is 5.82 Å². The molecule has 1 saturated carbocycles. The molecule has 0 N–H and O–H groups in total. The van der Waals surface area contributed by atoms with E-state index in [1.807, 2.05) is 0 Å². The smallest absolute Gasteiger partial charge is 0.318 e. The number of carbonyl (C=O) groups excluding carboxylic acids is 1. The van der Waals surface area contributed by atoms with Gasteiger partial charge in [-0.25, -0.2) is 0 Å². The Morgan fingerprint density at radius 3 is 2.67 bits per heavy atom. The van der Waals surface area contributed by atoms with E-state index in [2.05, 4.69) is 84.8 Å². The first-order chi connectivity index (χ1) is 20.8. The van der Waals surface area contributed by atoms with Gasteiger partial charge in [-0.1, -0.05) is 36.9 Å². The zero-order valence-electron chi connectivity index (χ0n) is 25.6. The van der Waals surface area contributed by atoms with Gasteiger partial charge in [-0.15, -0.1) is 0 Å². The highest BCUT2D eigenvalue weighted by Crippen LogP contribution is 2.46. The van der Waals surface area contributed by atoms with Gasteiger partial charge in [-0.2, -0.15) is 15.2 Å². The summed E-state index contributed by atoms with van der Waals surface area (Å²) in [5.74, 6) is 0.741. The molecule has 2 aromatic carbocycles. The van der Waals surface area contributed by atoms with Crippen molar-refractivity contribution in [3.63, 3.8) is 0 Å². The van der Waals surface area contributed by atoms with Crippen LogP contribution in [0, 0.1) is 23.7 Å². The quantitative estimate of drug-likeness (QED) is 0.346. The number of ether oxygens (including phenoxy) is 1. The summed E-state index contributed by atoms with van der Waals surface area (Å²) in [6.07, 6.45) is 4.68. The number of hydrogen-bond acceptors (Lipinski definition) is 8. The van der Waals surface area contributed by atoms with Crippen LogP contribution >= 0.6 is 0 Å². The first-order valence-corrected chi connectivity index (χ1v) is 15.3. The van der Waals surface area contributed by atoms with Crippen molar-refractivity contribution >= 4 is 28.2 Å². The fraction of sp³-hybridized carbons (Fsp3) is 0.471. The number of aryl methyl sites for hydroxylation is 1. The van der Waals surface area contributed by atoms with Crippen LogP contribution in [-0.2, 0) is 17.8 Å². The highest BCUT2D eigenvalue weighted by molar-refractivity contribution is 5.97. The number of aromatic nitrogens is 2. The minimum Gasteiger partial charge on any atom is -0.463 e. The van der Waals surface area contributed by atoms with Crippen molar-refractivity contribution in [3.8, 4) is 12.1 Å². The van der Waals surface area contributed by atoms with E-state index in [1.54, 1.807) is 4.90 Å². The van der Waals surface area contributed by atoms with Crippen LogP contribution < -0.4 is 14.5 Å². The summed E-state index contributed by atoms with van der Waals surface area (Å²) >= 11 is 0. The molecule has 0 spiro atoms. The van der Waals surface area contributed by atoms with E-state index in [-0.39, 0.29) is 23.8 Å². The molecule has 1 amide bonds. The number of fused-ring (bicyclic) bond motifs is 2. The second-order valence-electron chi connectivity index (χ2n) is 12.6. The molecular weight excluding hydrogens is 538 g/mol. The molecule has 9 nitrogen and oxygen atoms in total. The monoisotopic (exact) mass is 579 g/mol. The van der Waals surface area contributed by atoms with Crippen LogP contribution in [0.15, 0.2) is 49.1 Å². The van der Waals surface area contributed by atoms with Gasteiger partial charge in [0.15, 0.2) is 0 Å². The number of anilines is 2. The molecule has 1 aliphatic carbocycles. The number of nitrogens with zero attached hydrogens (tertiary/aromatic N) is 7. The van der Waals surface area contributed by atoms with E-state index >= 15 is 0 Å². The fourth-order valence-electron chi connectivity index (χ4n) is 6.84. The van der Waals surface area contributed by atoms with Crippen molar-refractivity contribution in [2.24, 2.45) is 5.41 Å². The number of benzene rings is 2. The molecule has 1 aromatic heterocycles. The van der Waals surface area contributed by atoms with Gasteiger partial charge in [0.25, 0.3) is 0 Å². The van der Waals surface area contributed by atoms with Gasteiger partial charge in [-0.3, -0.25) is 4.79 Å². The molecule has 0 bridgehead atoms. The van der Waals surface area contributed by atoms with Gasteiger partial charge >= 0.3 is 6.01 Å². The summed E-state index contributed by atoms with van der Waals surface area (Å²) in [6, 6.07) is 15.4. The molecule has 6 rings (SSSR count). The molecule has 9 heteroatoms. The van der Waals surface area contributed by atoms with Crippen molar-refractivity contribution in [2.75, 3.05) is 63.2 Å². The van der Waals surface area contributed by atoms with Crippen LogP contribution in [0.5, 0.6) is 6.01 Å². The summed E-state index contributed by atoms with van der Waals surface area (Å²) in [4.78, 5) is 31.2. The van der Waals surface area contributed by atoms with Crippen molar-refractivity contribution in [1.82, 2.24) is 19.8 Å². The standard InChI is InChI=1S/C34H41N7O2/c1-5-30(42)41-19-18-40(20-26(41)12-16-35)32-27-13-17-39(29-11-7-10-25-9-6-8-24(2)31(25)29)21-28(27)36-33(37-32)43-23-34(14-15-34)22-38(3)4/h5-11,26H,1,12-15,17-23H2,2-4H3/t26-/m0/s1. The van der Waals surface area contributed by atoms with Crippen molar-refractivity contribution < 1.29 is 9.53 Å². The maximum atomic E-state index is 12.6. The third kappa shape index (κ3) is 5.89. The van der Waals surface area contributed by atoms with Crippen LogP contribution in [0.1, 0.15) is 36.1 Å². The van der Waals surface area contributed by atoms with Crippen LogP contribution in [-0.4, -0.2) is 85.1 Å². The molecule has 3 aromatic rings. The SMILES string of the molecule is C=CC(=O)N1CCN(c2nc(OCC3(CN(C)C)CC3)nc3c2CCN(c2cccc4cccc(C)c24)C3)C[C@@H]1CC#N. The topological polar surface area (TPSA) is 88.8 Å². The number of amides is 1. The van der Waals surface area contributed by atoms with E-state index in [9.17, 15) is 10.1 Å². The molecule has 224 valence electrons. The molecule has 0 radical (unpaired) electrons. The van der Waals surface area contributed by atoms with Crippen LogP contribution in [0.3, 0.4) is 0 Å². The maximum Gasteiger partial charge on any atom is 0.318 e. The molecule has 2 fully saturated rings. The molecule has 43 heavy (non-hydrogen) atoms. The number of nitriles is 1. The summed E-state index contributed by atoms with van der Waals surface area (Å²) in [6.45, 7) is 10.6. The molecule has 1 atom stereocenters. The summed E-state index contributed by atoms with van der Waals surface area (Å²) < 4.78 is 6.39. The third-order valence-corrected chi connectivity index (χ3v) is 9.14. The maximum absolute atomic E-state index is 12.6. The highest BCUT2D eigenvalue weighted by Gasteiger charge is 2.44. The fourth-order valence-corrected chi connectivity index (χ4v) is 6.84. The second-order valence-corrected chi connectivity index (χ2v) is 12.6. The van der Waals surface area contributed by atoms with Crippen molar-refractivity contribution in [2.45, 2.75) is 45.2 Å². The van der Waals surface area contributed by atoms with Crippen LogP contribution in [0.4, 0.5) is 11.5 Å². The lowest BCUT2D eigenvalue weighted by Gasteiger charge is -2.42. The molecule has 2 aliphatic heterocycles. The second kappa shape index (κ2) is 11.8. The lowest BCUT2D eigenvalue weighted by molar-refractivity contribution is -0.128. The van der Waals surface area contributed by atoms with Gasteiger partial charge in [0.05, 0.1) is 37.4 Å². The van der Waals surface area contributed by atoms with Crippen LogP contribution in [0.2, 0.25) is 0 Å². The Balaban J connectivity index is 1.34. The Morgan fingerprint density at radius 2 is 1.95 bits per heavy atom. The number of rotatable bonds is 9. The van der Waals surface area contributed by atoms with Crippen molar-refractivity contribution in [3.05, 3.63) is 65.9 Å². The Morgan fingerprint density at radius 1 is 1.16 bits per heavy atom. The average Bonchev–Trinajstić information content (AvgIpc) is 3.77. The Bertz CT molecular complexity index is 1570.